The molecule has 1 aromatic heterocycles. The second-order valence-corrected chi connectivity index (χ2v) is 10.2. The minimum atomic E-state index is -2.57. The molecule has 0 unspecified atom stereocenters. The second kappa shape index (κ2) is 11.6. The highest BCUT2D eigenvalue weighted by molar-refractivity contribution is 5.87. The van der Waals surface area contributed by atoms with Gasteiger partial charge in [0.25, 0.3) is 5.92 Å². The van der Waals surface area contributed by atoms with Gasteiger partial charge in [0.1, 0.15) is 29.5 Å². The van der Waals surface area contributed by atoms with Crippen LogP contribution in [0.1, 0.15) is 36.4 Å². The molecule has 1 atom stereocenters. The number of halogens is 2. The lowest BCUT2D eigenvalue weighted by Gasteiger charge is -2.30. The molecule has 1 aromatic carbocycles. The van der Waals surface area contributed by atoms with Gasteiger partial charge in [0.2, 0.25) is 5.91 Å². The Hall–Kier alpha value is -4.04. The van der Waals surface area contributed by atoms with Gasteiger partial charge < -0.3 is 30.0 Å². The number of amides is 1. The van der Waals surface area contributed by atoms with E-state index in [4.69, 9.17) is 15.2 Å². The highest BCUT2D eigenvalue weighted by Gasteiger charge is 2.33. The van der Waals surface area contributed by atoms with Gasteiger partial charge in [0, 0.05) is 69.5 Å². The van der Waals surface area contributed by atoms with Crippen LogP contribution in [0.5, 0.6) is 11.5 Å². The van der Waals surface area contributed by atoms with E-state index in [-0.39, 0.29) is 24.8 Å². The van der Waals surface area contributed by atoms with Crippen molar-refractivity contribution in [3.05, 3.63) is 58.4 Å². The van der Waals surface area contributed by atoms with Crippen molar-refractivity contribution >= 4 is 11.7 Å². The van der Waals surface area contributed by atoms with Gasteiger partial charge in [-0.15, -0.1) is 0 Å². The summed E-state index contributed by atoms with van der Waals surface area (Å²) in [6.45, 7) is 2.67. The molecule has 0 spiro atoms. The van der Waals surface area contributed by atoms with Crippen molar-refractivity contribution in [3.63, 3.8) is 0 Å². The lowest BCUT2D eigenvalue weighted by atomic mass is 10.1. The number of carbonyl (C=O) groups is 1. The van der Waals surface area contributed by atoms with Crippen molar-refractivity contribution in [1.29, 1.82) is 0 Å². The average Bonchev–Trinajstić information content (AvgIpc) is 3.58. The standard InChI is InChI=1S/C29H34F2N6O3/c1-39-23-14-20(15-24(16-23)40-2)5-6-21-17-37(28-26(21)27(32)33-19-34-28)22-7-11-36(18-22)25(38)4-3-10-35-12-8-29(30,31)9-13-35/h3-4,14-17,22,33H,7-13,18-19,32H2,1-2H3/b4-3+/t22-/m0/s1. The van der Waals surface area contributed by atoms with Gasteiger partial charge in [-0.05, 0) is 18.6 Å². The second-order valence-electron chi connectivity index (χ2n) is 10.2. The molecule has 40 heavy (non-hydrogen) atoms. The Morgan fingerprint density at radius 1 is 1.18 bits per heavy atom. The summed E-state index contributed by atoms with van der Waals surface area (Å²) >= 11 is 0. The van der Waals surface area contributed by atoms with E-state index in [0.717, 1.165) is 28.3 Å². The van der Waals surface area contributed by atoms with E-state index in [1.165, 1.54) is 0 Å². The quantitative estimate of drug-likeness (QED) is 0.413. The van der Waals surface area contributed by atoms with Crippen LogP contribution in [0.2, 0.25) is 0 Å². The number of methoxy groups -OCH3 is 2. The van der Waals surface area contributed by atoms with Crippen LogP contribution < -0.4 is 31.2 Å². The number of nitrogens with zero attached hydrogens (tertiary/aromatic N) is 4. The number of alkyl halides is 2. The van der Waals surface area contributed by atoms with E-state index in [2.05, 4.69) is 26.7 Å². The molecule has 0 radical (unpaired) electrons. The fourth-order valence-corrected chi connectivity index (χ4v) is 5.26. The summed E-state index contributed by atoms with van der Waals surface area (Å²) in [7, 11) is 3.18. The molecule has 0 bridgehead atoms. The maximum absolute atomic E-state index is 13.4. The normalized spacial score (nSPS) is 20.4. The summed E-state index contributed by atoms with van der Waals surface area (Å²) in [6.07, 6.45) is 5.79. The van der Waals surface area contributed by atoms with E-state index < -0.39 is 5.92 Å². The number of hydrogen-bond donors (Lipinski definition) is 2. The summed E-state index contributed by atoms with van der Waals surface area (Å²) < 4.78 is 39.5. The number of fused-ring (bicyclic) bond motifs is 1. The third kappa shape index (κ3) is 6.07. The molecule has 2 aromatic rings. The number of piperidine rings is 1. The first kappa shape index (κ1) is 27.5. The molecular weight excluding hydrogens is 518 g/mol. The van der Waals surface area contributed by atoms with Crippen molar-refractivity contribution < 1.29 is 23.0 Å². The van der Waals surface area contributed by atoms with Gasteiger partial charge in [0.15, 0.2) is 0 Å². The van der Waals surface area contributed by atoms with Crippen molar-refractivity contribution in [3.8, 4) is 23.3 Å². The SMILES string of the molecule is COc1cc(C#Cc2cn([C@H]3CCN(C(=O)/C=C/CN4CCC(F)(F)CC4)C3)c3c2=C(N)NCN=3)cc(OC)c1. The number of carbonyl (C=O) groups excluding carboxylic acids is 1. The molecule has 2 fully saturated rings. The molecule has 3 aliphatic heterocycles. The zero-order valence-corrected chi connectivity index (χ0v) is 22.8. The summed E-state index contributed by atoms with van der Waals surface area (Å²) in [5.41, 5.74) is 8.56. The van der Waals surface area contributed by atoms with Gasteiger partial charge in [-0.2, -0.15) is 0 Å². The molecule has 0 saturated carbocycles. The summed E-state index contributed by atoms with van der Waals surface area (Å²) in [6, 6.07) is 5.49. The fraction of sp³-hybridized carbons (Fsp3) is 0.448. The molecule has 11 heteroatoms. The Labute approximate surface area is 231 Å². The maximum atomic E-state index is 13.4. The molecule has 0 aliphatic carbocycles. The first-order valence-corrected chi connectivity index (χ1v) is 13.4. The van der Waals surface area contributed by atoms with Crippen LogP contribution >= 0.6 is 0 Å². The third-order valence-corrected chi connectivity index (χ3v) is 7.55. The number of benzene rings is 1. The van der Waals surface area contributed by atoms with Gasteiger partial charge in [-0.3, -0.25) is 9.69 Å². The smallest absolute Gasteiger partial charge is 0.250 e. The molecule has 3 N–H and O–H groups in total. The van der Waals surface area contributed by atoms with Crippen LogP contribution in [0.25, 0.3) is 5.82 Å². The van der Waals surface area contributed by atoms with Gasteiger partial charge >= 0.3 is 0 Å². The highest BCUT2D eigenvalue weighted by atomic mass is 19.3. The molecular formula is C29H34F2N6O3. The minimum Gasteiger partial charge on any atom is -0.497 e. The number of nitrogens with one attached hydrogen (secondary N) is 1. The molecule has 5 rings (SSSR count). The largest absolute Gasteiger partial charge is 0.497 e. The number of hydrogen-bond acceptors (Lipinski definition) is 7. The zero-order valence-electron chi connectivity index (χ0n) is 22.8. The lowest BCUT2D eigenvalue weighted by Crippen LogP contribution is -2.44. The first-order chi connectivity index (χ1) is 19.3. The fourth-order valence-electron chi connectivity index (χ4n) is 5.26. The van der Waals surface area contributed by atoms with Crippen LogP contribution in [-0.4, -0.2) is 79.8 Å². The van der Waals surface area contributed by atoms with Gasteiger partial charge in [-0.25, -0.2) is 13.8 Å². The van der Waals surface area contributed by atoms with Crippen LogP contribution in [0, 0.1) is 11.8 Å². The van der Waals surface area contributed by atoms with Crippen molar-refractivity contribution in [2.45, 2.75) is 31.2 Å². The Morgan fingerprint density at radius 3 is 2.60 bits per heavy atom. The van der Waals surface area contributed by atoms with Crippen molar-refractivity contribution in [2.75, 3.05) is 53.6 Å². The van der Waals surface area contributed by atoms with Gasteiger partial charge in [0.05, 0.1) is 31.0 Å². The Morgan fingerprint density at radius 2 is 1.90 bits per heavy atom. The van der Waals surface area contributed by atoms with Crippen LogP contribution in [-0.2, 0) is 4.79 Å². The monoisotopic (exact) mass is 552 g/mol. The van der Waals surface area contributed by atoms with E-state index in [9.17, 15) is 13.6 Å². The van der Waals surface area contributed by atoms with E-state index in [1.54, 1.807) is 37.3 Å². The topological polar surface area (TPSA) is 97.4 Å². The first-order valence-electron chi connectivity index (χ1n) is 13.4. The van der Waals surface area contributed by atoms with Gasteiger partial charge in [-0.1, -0.05) is 17.9 Å². The molecule has 9 nitrogen and oxygen atoms in total. The van der Waals surface area contributed by atoms with Crippen LogP contribution in [0.3, 0.4) is 0 Å². The average molecular weight is 553 g/mol. The zero-order chi connectivity index (χ0) is 28.3. The molecule has 4 heterocycles. The molecule has 1 amide bonds. The predicted molar refractivity (Wildman–Crippen MR) is 146 cm³/mol. The summed E-state index contributed by atoms with van der Waals surface area (Å²) in [5.74, 6) is 5.58. The minimum absolute atomic E-state index is 0.0255. The van der Waals surface area contributed by atoms with Crippen LogP contribution in [0.4, 0.5) is 8.78 Å². The molecule has 3 aliphatic rings. The van der Waals surface area contributed by atoms with E-state index >= 15 is 0 Å². The Balaban J connectivity index is 1.31. The lowest BCUT2D eigenvalue weighted by molar-refractivity contribution is -0.125. The van der Waals surface area contributed by atoms with Crippen molar-refractivity contribution in [1.82, 2.24) is 19.7 Å². The number of nitrogens with two attached hydrogens (primary N) is 1. The van der Waals surface area contributed by atoms with E-state index in [0.29, 0.717) is 56.7 Å². The maximum Gasteiger partial charge on any atom is 0.250 e. The number of ether oxygens (including phenoxy) is 2. The predicted octanol–water partition coefficient (Wildman–Crippen LogP) is 1.17. The third-order valence-electron chi connectivity index (χ3n) is 7.55. The molecule has 2 saturated heterocycles. The summed E-state index contributed by atoms with van der Waals surface area (Å²) in [4.78, 5) is 21.3. The summed E-state index contributed by atoms with van der Waals surface area (Å²) in [5, 5.41) is 3.84. The van der Waals surface area contributed by atoms with Crippen LogP contribution in [0.15, 0.2) is 41.5 Å². The highest BCUT2D eigenvalue weighted by Crippen LogP contribution is 2.27. The number of likely N-dealkylation sites (tertiary alicyclic amines) is 2. The number of aromatic nitrogens is 1. The number of rotatable bonds is 6. The van der Waals surface area contributed by atoms with E-state index in [1.807, 2.05) is 23.2 Å². The molecule has 212 valence electrons. The Bertz CT molecular complexity index is 1460. The Kier molecular flexibility index (Phi) is 7.98. The van der Waals surface area contributed by atoms with Crippen molar-refractivity contribution in [2.24, 2.45) is 10.7 Å².